The Morgan fingerprint density at radius 2 is 1.76 bits per heavy atom. The largest absolute Gasteiger partial charge is 0.294 e. The fraction of sp³-hybridized carbons (Fsp3) is 0.526. The molecule has 0 saturated heterocycles. The van der Waals surface area contributed by atoms with Gasteiger partial charge >= 0.3 is 0 Å². The van der Waals surface area contributed by atoms with E-state index in [9.17, 15) is 0 Å². The van der Waals surface area contributed by atoms with E-state index in [-0.39, 0.29) is 0 Å². The predicted molar refractivity (Wildman–Crippen MR) is 91.8 cm³/mol. The normalized spacial score (nSPS) is 13.6. The molecular formula is C19H28N2. The van der Waals surface area contributed by atoms with Gasteiger partial charge in [0, 0.05) is 29.9 Å². The minimum Gasteiger partial charge on any atom is -0.294 e. The zero-order valence-corrected chi connectivity index (χ0v) is 14.2. The summed E-state index contributed by atoms with van der Waals surface area (Å²) in [5.74, 6) is 0.499. The van der Waals surface area contributed by atoms with Crippen LogP contribution in [0.4, 0.5) is 0 Å². The molecule has 21 heavy (non-hydrogen) atoms. The second-order valence-electron chi connectivity index (χ2n) is 6.46. The van der Waals surface area contributed by atoms with Crippen LogP contribution < -0.4 is 0 Å². The van der Waals surface area contributed by atoms with Crippen LogP contribution in [0.25, 0.3) is 10.8 Å². The molecule has 0 bridgehead atoms. The maximum atomic E-state index is 4.38. The van der Waals surface area contributed by atoms with Crippen LogP contribution in [0.2, 0.25) is 0 Å². The third kappa shape index (κ3) is 3.26. The predicted octanol–water partition coefficient (Wildman–Crippen LogP) is 5.15. The van der Waals surface area contributed by atoms with Gasteiger partial charge in [0.25, 0.3) is 0 Å². The molecule has 0 radical (unpaired) electrons. The van der Waals surface area contributed by atoms with Crippen LogP contribution in [0.5, 0.6) is 0 Å². The zero-order valence-electron chi connectivity index (χ0n) is 14.2. The van der Waals surface area contributed by atoms with Gasteiger partial charge in [0.15, 0.2) is 0 Å². The Hall–Kier alpha value is -1.41. The molecule has 0 fully saturated rings. The maximum absolute atomic E-state index is 4.38. The van der Waals surface area contributed by atoms with Crippen LogP contribution >= 0.6 is 0 Å². The number of nitrogens with zero attached hydrogens (tertiary/aromatic N) is 2. The third-order valence-electron chi connectivity index (χ3n) is 4.45. The number of hydrogen-bond donors (Lipinski definition) is 0. The number of hydrogen-bond acceptors (Lipinski definition) is 2. The van der Waals surface area contributed by atoms with Crippen molar-refractivity contribution in [1.29, 1.82) is 0 Å². The fourth-order valence-corrected chi connectivity index (χ4v) is 3.20. The molecule has 0 aliphatic carbocycles. The van der Waals surface area contributed by atoms with E-state index in [1.54, 1.807) is 0 Å². The average molecular weight is 284 g/mol. The Morgan fingerprint density at radius 3 is 2.33 bits per heavy atom. The molecule has 0 aliphatic rings. The summed E-state index contributed by atoms with van der Waals surface area (Å²) in [5, 5.41) is 2.59. The van der Waals surface area contributed by atoms with Gasteiger partial charge in [-0.2, -0.15) is 0 Å². The molecule has 0 aliphatic heterocycles. The fourth-order valence-electron chi connectivity index (χ4n) is 3.20. The van der Waals surface area contributed by atoms with Gasteiger partial charge in [-0.05, 0) is 55.8 Å². The van der Waals surface area contributed by atoms with Crippen molar-refractivity contribution in [3.05, 3.63) is 41.7 Å². The van der Waals surface area contributed by atoms with Crippen molar-refractivity contribution in [3.8, 4) is 0 Å². The molecule has 1 heterocycles. The van der Waals surface area contributed by atoms with Gasteiger partial charge in [-0.25, -0.2) is 0 Å². The van der Waals surface area contributed by atoms with Crippen LogP contribution in [0.15, 0.2) is 30.6 Å². The minimum atomic E-state index is 0.438. The highest BCUT2D eigenvalue weighted by molar-refractivity contribution is 5.85. The number of aromatic nitrogens is 1. The lowest BCUT2D eigenvalue weighted by atomic mass is 9.95. The van der Waals surface area contributed by atoms with Crippen molar-refractivity contribution in [3.63, 3.8) is 0 Å². The van der Waals surface area contributed by atoms with Gasteiger partial charge in [0.05, 0.1) is 0 Å². The zero-order chi connectivity index (χ0) is 15.6. The highest BCUT2D eigenvalue weighted by atomic mass is 15.2. The van der Waals surface area contributed by atoms with E-state index in [1.165, 1.54) is 21.9 Å². The number of pyridine rings is 1. The Kier molecular flexibility index (Phi) is 5.00. The molecule has 1 aromatic heterocycles. The summed E-state index contributed by atoms with van der Waals surface area (Å²) in [6, 6.07) is 7.83. The Bertz CT molecular complexity index is 602. The molecule has 0 amide bonds. The summed E-state index contributed by atoms with van der Waals surface area (Å²) in [7, 11) is 0. The van der Waals surface area contributed by atoms with Crippen molar-refractivity contribution in [2.45, 2.75) is 59.5 Å². The molecule has 0 saturated carbocycles. The van der Waals surface area contributed by atoms with E-state index in [0.717, 1.165) is 6.54 Å². The van der Waals surface area contributed by atoms with E-state index < -0.39 is 0 Å². The molecule has 114 valence electrons. The van der Waals surface area contributed by atoms with Gasteiger partial charge in [-0.15, -0.1) is 0 Å². The van der Waals surface area contributed by atoms with Gasteiger partial charge in [0.1, 0.15) is 0 Å². The summed E-state index contributed by atoms with van der Waals surface area (Å²) in [5.41, 5.74) is 2.74. The van der Waals surface area contributed by atoms with Crippen molar-refractivity contribution in [2.75, 3.05) is 6.54 Å². The topological polar surface area (TPSA) is 16.1 Å². The smallest absolute Gasteiger partial charge is 0.0346 e. The summed E-state index contributed by atoms with van der Waals surface area (Å²) in [4.78, 5) is 6.90. The molecule has 0 N–H and O–H groups in total. The van der Waals surface area contributed by atoms with Gasteiger partial charge in [0.2, 0.25) is 0 Å². The van der Waals surface area contributed by atoms with E-state index >= 15 is 0 Å². The molecule has 1 atom stereocenters. The molecule has 2 heteroatoms. The lowest BCUT2D eigenvalue weighted by Crippen LogP contribution is -2.33. The monoisotopic (exact) mass is 284 g/mol. The Morgan fingerprint density at radius 1 is 1.05 bits per heavy atom. The first kappa shape index (κ1) is 16.0. The van der Waals surface area contributed by atoms with Crippen LogP contribution in [0, 0.1) is 0 Å². The Labute approximate surface area is 129 Å². The summed E-state index contributed by atoms with van der Waals surface area (Å²) < 4.78 is 0. The second kappa shape index (κ2) is 6.57. The Balaban J connectivity index is 2.49. The standard InChI is InChI=1S/C19H28N2/c1-7-21(14(4)5)15(6)16-8-9-17-11-20-12-19(13(2)3)18(17)10-16/h8-15H,7H2,1-6H3. The average Bonchev–Trinajstić information content (AvgIpc) is 2.46. The van der Waals surface area contributed by atoms with E-state index in [1.807, 2.05) is 12.4 Å². The lowest BCUT2D eigenvalue weighted by Gasteiger charge is -2.32. The van der Waals surface area contributed by atoms with Crippen LogP contribution in [-0.4, -0.2) is 22.5 Å². The summed E-state index contributed by atoms with van der Waals surface area (Å²) in [6.07, 6.45) is 3.98. The van der Waals surface area contributed by atoms with Crippen molar-refractivity contribution in [1.82, 2.24) is 9.88 Å². The first-order chi connectivity index (χ1) is 9.95. The van der Waals surface area contributed by atoms with Crippen LogP contribution in [0.1, 0.15) is 64.6 Å². The van der Waals surface area contributed by atoms with Crippen molar-refractivity contribution < 1.29 is 0 Å². The number of rotatable bonds is 5. The third-order valence-corrected chi connectivity index (χ3v) is 4.45. The van der Waals surface area contributed by atoms with Crippen LogP contribution in [0.3, 0.4) is 0 Å². The quantitative estimate of drug-likeness (QED) is 0.755. The maximum Gasteiger partial charge on any atom is 0.0346 e. The van der Waals surface area contributed by atoms with Gasteiger partial charge in [-0.3, -0.25) is 9.88 Å². The molecule has 1 unspecified atom stereocenters. The SMILES string of the molecule is CCN(C(C)C)C(C)c1ccc2cncc(C(C)C)c2c1. The molecule has 1 aromatic carbocycles. The summed E-state index contributed by atoms with van der Waals surface area (Å²) in [6.45, 7) is 14.6. The number of fused-ring (bicyclic) bond motifs is 1. The van der Waals surface area contributed by atoms with E-state index in [2.05, 4.69) is 69.6 Å². The first-order valence-corrected chi connectivity index (χ1v) is 8.09. The van der Waals surface area contributed by atoms with Gasteiger partial charge in [-0.1, -0.05) is 32.9 Å². The molecular weight excluding hydrogens is 256 g/mol. The molecule has 0 spiro atoms. The lowest BCUT2D eigenvalue weighted by molar-refractivity contribution is 0.174. The van der Waals surface area contributed by atoms with Crippen molar-refractivity contribution >= 4 is 10.8 Å². The van der Waals surface area contributed by atoms with Crippen molar-refractivity contribution in [2.24, 2.45) is 0 Å². The first-order valence-electron chi connectivity index (χ1n) is 8.09. The highest BCUT2D eigenvalue weighted by Crippen LogP contribution is 2.29. The molecule has 2 aromatic rings. The molecule has 2 rings (SSSR count). The van der Waals surface area contributed by atoms with Gasteiger partial charge < -0.3 is 0 Å². The van der Waals surface area contributed by atoms with E-state index in [0.29, 0.717) is 18.0 Å². The molecule has 2 nitrogen and oxygen atoms in total. The summed E-state index contributed by atoms with van der Waals surface area (Å²) >= 11 is 0. The van der Waals surface area contributed by atoms with E-state index in [4.69, 9.17) is 0 Å². The minimum absolute atomic E-state index is 0.438. The van der Waals surface area contributed by atoms with Crippen LogP contribution in [-0.2, 0) is 0 Å². The highest BCUT2D eigenvalue weighted by Gasteiger charge is 2.17. The number of benzene rings is 1. The second-order valence-corrected chi connectivity index (χ2v) is 6.46.